The number of aliphatic hydroxyl groups is 2. The van der Waals surface area contributed by atoms with Gasteiger partial charge in [-0.05, 0) is 30.9 Å². The third kappa shape index (κ3) is 5.50. The Balaban J connectivity index is 2.65. The van der Waals surface area contributed by atoms with Crippen LogP contribution >= 0.6 is 0 Å². The zero-order valence-electron chi connectivity index (χ0n) is 13.1. The molecule has 0 aromatic heterocycles. The van der Waals surface area contributed by atoms with Gasteiger partial charge in [0.05, 0.1) is 20.3 Å². The summed E-state index contributed by atoms with van der Waals surface area (Å²) in [6, 6.07) is 7.92. The molecule has 1 rings (SSSR count). The van der Waals surface area contributed by atoms with Crippen LogP contribution in [0, 0.1) is 12.3 Å². The van der Waals surface area contributed by atoms with E-state index >= 15 is 0 Å². The van der Waals surface area contributed by atoms with Crippen LogP contribution in [0.4, 0.5) is 4.79 Å². The summed E-state index contributed by atoms with van der Waals surface area (Å²) >= 11 is 0. The van der Waals surface area contributed by atoms with E-state index in [0.717, 1.165) is 11.1 Å². The van der Waals surface area contributed by atoms with Crippen molar-refractivity contribution < 1.29 is 24.5 Å². The third-order valence-corrected chi connectivity index (χ3v) is 3.68. The lowest BCUT2D eigenvalue weighted by molar-refractivity contribution is 0.0565. The van der Waals surface area contributed by atoms with Gasteiger partial charge < -0.3 is 19.7 Å². The van der Waals surface area contributed by atoms with Gasteiger partial charge in [0.1, 0.15) is 6.61 Å². The van der Waals surface area contributed by atoms with Crippen LogP contribution in [0.15, 0.2) is 36.4 Å². The van der Waals surface area contributed by atoms with E-state index in [1.807, 2.05) is 31.2 Å². The van der Waals surface area contributed by atoms with Gasteiger partial charge in [-0.15, -0.1) is 0 Å². The van der Waals surface area contributed by atoms with E-state index < -0.39 is 11.6 Å². The first-order chi connectivity index (χ1) is 10.6. The van der Waals surface area contributed by atoms with Crippen molar-refractivity contribution in [2.45, 2.75) is 19.8 Å². The van der Waals surface area contributed by atoms with Gasteiger partial charge in [0.25, 0.3) is 0 Å². The van der Waals surface area contributed by atoms with Crippen molar-refractivity contribution in [3.8, 4) is 0 Å². The maximum absolute atomic E-state index is 10.8. The summed E-state index contributed by atoms with van der Waals surface area (Å²) in [7, 11) is 1.25. The molecule has 0 radical (unpaired) electrons. The highest BCUT2D eigenvalue weighted by Crippen LogP contribution is 2.28. The lowest BCUT2D eigenvalue weighted by Crippen LogP contribution is -2.32. The predicted octanol–water partition coefficient (Wildman–Crippen LogP) is 2.24. The summed E-state index contributed by atoms with van der Waals surface area (Å²) in [4.78, 5) is 10.8. The molecule has 1 aromatic carbocycles. The number of aliphatic hydroxyl groups excluding tert-OH is 2. The van der Waals surface area contributed by atoms with Crippen LogP contribution in [0.25, 0.3) is 0 Å². The molecule has 5 nitrogen and oxygen atoms in total. The first-order valence-corrected chi connectivity index (χ1v) is 7.19. The van der Waals surface area contributed by atoms with Crippen LogP contribution in [-0.4, -0.2) is 43.3 Å². The van der Waals surface area contributed by atoms with Gasteiger partial charge >= 0.3 is 6.16 Å². The highest BCUT2D eigenvalue weighted by Gasteiger charge is 2.28. The molecule has 0 aliphatic rings. The Morgan fingerprint density at radius 2 is 1.91 bits per heavy atom. The molecule has 0 atom stereocenters. The first-order valence-electron chi connectivity index (χ1n) is 7.19. The Hall–Kier alpha value is -1.85. The Bertz CT molecular complexity index is 492. The summed E-state index contributed by atoms with van der Waals surface area (Å²) in [5.41, 5.74) is 1.60. The van der Waals surface area contributed by atoms with Crippen LogP contribution < -0.4 is 0 Å². The molecule has 0 fully saturated rings. The second-order valence-electron chi connectivity index (χ2n) is 5.36. The molecule has 0 amide bonds. The lowest BCUT2D eigenvalue weighted by atomic mass is 9.79. The molecule has 0 unspecified atom stereocenters. The molecule has 22 heavy (non-hydrogen) atoms. The highest BCUT2D eigenvalue weighted by atomic mass is 16.7. The van der Waals surface area contributed by atoms with Crippen molar-refractivity contribution in [2.75, 3.05) is 26.9 Å². The zero-order chi connectivity index (χ0) is 16.4. The minimum absolute atomic E-state index is 0.101. The fourth-order valence-corrected chi connectivity index (χ4v) is 2.15. The van der Waals surface area contributed by atoms with Gasteiger partial charge in [-0.1, -0.05) is 36.4 Å². The summed E-state index contributed by atoms with van der Waals surface area (Å²) < 4.78 is 9.09. The summed E-state index contributed by atoms with van der Waals surface area (Å²) in [6.07, 6.45) is 3.80. The van der Waals surface area contributed by atoms with Crippen molar-refractivity contribution in [1.82, 2.24) is 0 Å². The Morgan fingerprint density at radius 3 is 2.50 bits per heavy atom. The number of carbonyl (C=O) groups is 1. The van der Waals surface area contributed by atoms with Gasteiger partial charge in [-0.2, -0.15) is 0 Å². The number of rotatable bonds is 8. The van der Waals surface area contributed by atoms with Gasteiger partial charge in [0.15, 0.2) is 0 Å². The van der Waals surface area contributed by atoms with Crippen LogP contribution in [0.3, 0.4) is 0 Å². The minimum Gasteiger partial charge on any atom is -0.438 e. The van der Waals surface area contributed by atoms with E-state index in [1.165, 1.54) is 7.11 Å². The molecule has 0 saturated carbocycles. The number of aryl methyl sites for hydroxylation is 1. The molecule has 5 heteroatoms. The highest BCUT2D eigenvalue weighted by molar-refractivity contribution is 5.59. The molecule has 0 bridgehead atoms. The average molecular weight is 308 g/mol. The fourth-order valence-electron chi connectivity index (χ4n) is 2.15. The molecule has 122 valence electrons. The van der Waals surface area contributed by atoms with Crippen LogP contribution in [0.2, 0.25) is 0 Å². The quantitative estimate of drug-likeness (QED) is 0.569. The fraction of sp³-hybridized carbons (Fsp3) is 0.471. The molecule has 0 saturated heterocycles. The Labute approximate surface area is 131 Å². The second kappa shape index (κ2) is 9.23. The average Bonchev–Trinajstić information content (AvgIpc) is 2.55. The number of allylic oxidation sites excluding steroid dienone is 1. The molecule has 0 spiro atoms. The van der Waals surface area contributed by atoms with Crippen molar-refractivity contribution in [1.29, 1.82) is 0 Å². The van der Waals surface area contributed by atoms with E-state index in [1.54, 1.807) is 12.2 Å². The number of hydrogen-bond acceptors (Lipinski definition) is 5. The van der Waals surface area contributed by atoms with Gasteiger partial charge in [0, 0.05) is 5.41 Å². The SMILES string of the molecule is COC(=O)OC/C=C/CC(CO)(CO)Cc1ccccc1C. The smallest absolute Gasteiger partial charge is 0.438 e. The number of benzene rings is 1. The summed E-state index contributed by atoms with van der Waals surface area (Å²) in [5, 5.41) is 19.4. The molecular weight excluding hydrogens is 284 g/mol. The molecular formula is C17H24O5. The van der Waals surface area contributed by atoms with Crippen LogP contribution in [0.1, 0.15) is 17.5 Å². The van der Waals surface area contributed by atoms with Crippen molar-refractivity contribution in [2.24, 2.45) is 5.41 Å². The topological polar surface area (TPSA) is 76.0 Å². The standard InChI is InChI=1S/C17H24O5/c1-14-7-3-4-8-15(14)11-17(12-18,13-19)9-5-6-10-22-16(20)21-2/h3-8,18-19H,9-13H2,1-2H3/b6-5+. The Kier molecular flexibility index (Phi) is 7.63. The number of carbonyl (C=O) groups excluding carboxylic acids is 1. The third-order valence-electron chi connectivity index (χ3n) is 3.68. The second-order valence-corrected chi connectivity index (χ2v) is 5.36. The number of hydrogen-bond donors (Lipinski definition) is 2. The van der Waals surface area contributed by atoms with Crippen molar-refractivity contribution >= 4 is 6.16 Å². The maximum atomic E-state index is 10.8. The largest absolute Gasteiger partial charge is 0.508 e. The van der Waals surface area contributed by atoms with Gasteiger partial charge in [-0.3, -0.25) is 0 Å². The van der Waals surface area contributed by atoms with Crippen molar-refractivity contribution in [3.05, 3.63) is 47.5 Å². The molecule has 0 heterocycles. The van der Waals surface area contributed by atoms with Gasteiger partial charge in [-0.25, -0.2) is 4.79 Å². The molecule has 0 aliphatic carbocycles. The monoisotopic (exact) mass is 308 g/mol. The van der Waals surface area contributed by atoms with E-state index in [-0.39, 0.29) is 19.8 Å². The molecule has 2 N–H and O–H groups in total. The first kappa shape index (κ1) is 18.2. The maximum Gasteiger partial charge on any atom is 0.508 e. The normalized spacial score (nSPS) is 11.6. The zero-order valence-corrected chi connectivity index (χ0v) is 13.1. The lowest BCUT2D eigenvalue weighted by Gasteiger charge is -2.29. The number of ether oxygens (including phenoxy) is 2. The van der Waals surface area contributed by atoms with E-state index in [0.29, 0.717) is 12.8 Å². The van der Waals surface area contributed by atoms with E-state index in [4.69, 9.17) is 4.74 Å². The number of methoxy groups -OCH3 is 1. The minimum atomic E-state index is -0.736. The summed E-state index contributed by atoms with van der Waals surface area (Å²) in [6.45, 7) is 1.86. The predicted molar refractivity (Wildman–Crippen MR) is 83.6 cm³/mol. The van der Waals surface area contributed by atoms with Crippen LogP contribution in [-0.2, 0) is 15.9 Å². The summed E-state index contributed by atoms with van der Waals surface area (Å²) in [5.74, 6) is 0. The molecule has 0 aliphatic heterocycles. The van der Waals surface area contributed by atoms with E-state index in [2.05, 4.69) is 4.74 Å². The molecule has 1 aromatic rings. The van der Waals surface area contributed by atoms with Crippen molar-refractivity contribution in [3.63, 3.8) is 0 Å². The van der Waals surface area contributed by atoms with E-state index in [9.17, 15) is 15.0 Å². The van der Waals surface area contributed by atoms with Crippen LogP contribution in [0.5, 0.6) is 0 Å². The Morgan fingerprint density at radius 1 is 1.23 bits per heavy atom. The van der Waals surface area contributed by atoms with Gasteiger partial charge in [0.2, 0.25) is 0 Å².